The first-order valence-corrected chi connectivity index (χ1v) is 16.5. The van der Waals surface area contributed by atoms with Crippen LogP contribution in [0.1, 0.15) is 0 Å². The summed E-state index contributed by atoms with van der Waals surface area (Å²) in [7, 11) is 0. The van der Waals surface area contributed by atoms with E-state index in [1.807, 2.05) is 18.2 Å². The van der Waals surface area contributed by atoms with E-state index in [2.05, 4.69) is 157 Å². The molecule has 0 saturated carbocycles. The average molecular weight is 621 g/mol. The summed E-state index contributed by atoms with van der Waals surface area (Å²) in [5, 5.41) is 3.11. The van der Waals surface area contributed by atoms with Gasteiger partial charge in [0, 0.05) is 28.4 Å². The number of benzene rings is 7. The number of hydrogen-bond acceptors (Lipinski definition) is 4. The highest BCUT2D eigenvalue weighted by atomic mass is 32.1. The van der Waals surface area contributed by atoms with Gasteiger partial charge in [0.1, 0.15) is 21.7 Å². The second kappa shape index (κ2) is 11.4. The molecule has 47 heavy (non-hydrogen) atoms. The normalized spacial score (nSPS) is 11.4. The molecule has 0 amide bonds. The highest BCUT2D eigenvalue weighted by molar-refractivity contribution is 7.21. The second-order valence-electron chi connectivity index (χ2n) is 11.6. The number of aromatic nitrogens is 1. The minimum Gasteiger partial charge on any atom is -0.456 e. The lowest BCUT2D eigenvalue weighted by atomic mass is 10.0. The van der Waals surface area contributed by atoms with Crippen LogP contribution < -0.4 is 4.90 Å². The van der Waals surface area contributed by atoms with E-state index in [-0.39, 0.29) is 0 Å². The molecule has 0 unspecified atom stereocenters. The molecular formula is C43H28N2OS. The number of nitrogens with zero attached hydrogens (tertiary/aromatic N) is 2. The Morgan fingerprint density at radius 3 is 1.53 bits per heavy atom. The lowest BCUT2D eigenvalue weighted by molar-refractivity contribution is 0.669. The van der Waals surface area contributed by atoms with Gasteiger partial charge >= 0.3 is 0 Å². The van der Waals surface area contributed by atoms with Gasteiger partial charge < -0.3 is 9.32 Å². The first-order valence-electron chi connectivity index (χ1n) is 15.7. The number of hydrogen-bond donors (Lipinski definition) is 0. The van der Waals surface area contributed by atoms with Crippen LogP contribution in [0, 0.1) is 0 Å². The highest BCUT2D eigenvalue weighted by Gasteiger charge is 2.25. The highest BCUT2D eigenvalue weighted by Crippen LogP contribution is 2.49. The molecule has 9 aromatic rings. The Kier molecular flexibility index (Phi) is 6.65. The molecule has 0 atom stereocenters. The van der Waals surface area contributed by atoms with Crippen molar-refractivity contribution in [1.82, 2.24) is 4.98 Å². The zero-order valence-electron chi connectivity index (χ0n) is 25.4. The minimum atomic E-state index is 0.851. The number of rotatable bonds is 6. The molecule has 2 heterocycles. The molecule has 0 aliphatic heterocycles. The monoisotopic (exact) mass is 620 g/mol. The van der Waals surface area contributed by atoms with Crippen LogP contribution >= 0.6 is 11.3 Å². The second-order valence-corrected chi connectivity index (χ2v) is 12.6. The Hall–Kier alpha value is -5.97. The largest absolute Gasteiger partial charge is 0.456 e. The fourth-order valence-corrected chi connectivity index (χ4v) is 7.45. The summed E-state index contributed by atoms with van der Waals surface area (Å²) in [6, 6.07) is 59.6. The molecule has 9 rings (SSSR count). The molecule has 2 aromatic heterocycles. The van der Waals surface area contributed by atoms with E-state index in [0.717, 1.165) is 59.8 Å². The molecule has 0 spiro atoms. The first kappa shape index (κ1) is 27.3. The summed E-state index contributed by atoms with van der Waals surface area (Å²) < 4.78 is 7.62. The van der Waals surface area contributed by atoms with Gasteiger partial charge in [0.15, 0.2) is 0 Å². The lowest BCUT2D eigenvalue weighted by Gasteiger charge is -2.27. The topological polar surface area (TPSA) is 29.3 Å². The average Bonchev–Trinajstić information content (AvgIpc) is 3.75. The van der Waals surface area contributed by atoms with E-state index >= 15 is 0 Å². The zero-order chi connectivity index (χ0) is 31.2. The predicted octanol–water partition coefficient (Wildman–Crippen LogP) is 12.7. The van der Waals surface area contributed by atoms with Crippen molar-refractivity contribution < 1.29 is 4.42 Å². The molecular weight excluding hydrogens is 593 g/mol. The fraction of sp³-hybridized carbons (Fsp3) is 0. The molecule has 0 saturated heterocycles. The van der Waals surface area contributed by atoms with Gasteiger partial charge in [-0.15, -0.1) is 11.3 Å². The van der Waals surface area contributed by atoms with Crippen molar-refractivity contribution in [3.63, 3.8) is 0 Å². The van der Waals surface area contributed by atoms with E-state index in [0.29, 0.717) is 0 Å². The third-order valence-electron chi connectivity index (χ3n) is 8.71. The molecule has 0 aliphatic rings. The number of thiazole rings is 1. The van der Waals surface area contributed by atoms with E-state index in [9.17, 15) is 0 Å². The standard InChI is InChI=1S/C43H28N2OS/c1-4-12-29(13-5-1)31-20-24-34(25-21-31)45(35-26-22-32(23-27-35)30-14-6-2-7-15-30)42-40-36-18-10-11-19-37(36)46-38(40)28-39-41(42)44-43(47-39)33-16-8-3-9-17-33/h1-28H. The molecule has 222 valence electrons. The maximum absolute atomic E-state index is 6.54. The Morgan fingerprint density at radius 2 is 0.957 bits per heavy atom. The molecule has 0 bridgehead atoms. The van der Waals surface area contributed by atoms with E-state index < -0.39 is 0 Å². The van der Waals surface area contributed by atoms with E-state index in [1.54, 1.807) is 11.3 Å². The maximum atomic E-state index is 6.54. The Morgan fingerprint density at radius 1 is 0.468 bits per heavy atom. The summed E-state index contributed by atoms with van der Waals surface area (Å²) >= 11 is 1.70. The van der Waals surface area contributed by atoms with Crippen molar-refractivity contribution in [3.8, 4) is 32.8 Å². The molecule has 3 nitrogen and oxygen atoms in total. The smallest absolute Gasteiger partial charge is 0.139 e. The number of anilines is 3. The molecule has 4 heteroatoms. The third-order valence-corrected chi connectivity index (χ3v) is 9.76. The summed E-state index contributed by atoms with van der Waals surface area (Å²) in [5.41, 5.74) is 11.6. The van der Waals surface area contributed by atoms with Gasteiger partial charge in [-0.2, -0.15) is 0 Å². The fourth-order valence-electron chi connectivity index (χ4n) is 6.44. The van der Waals surface area contributed by atoms with Crippen molar-refractivity contribution >= 4 is 60.6 Å². The molecule has 0 N–H and O–H groups in total. The van der Waals surface area contributed by atoms with Crippen molar-refractivity contribution in [1.29, 1.82) is 0 Å². The van der Waals surface area contributed by atoms with Crippen LogP contribution in [0.4, 0.5) is 17.1 Å². The van der Waals surface area contributed by atoms with Crippen LogP contribution in [0.15, 0.2) is 174 Å². The van der Waals surface area contributed by atoms with Gasteiger partial charge in [-0.3, -0.25) is 0 Å². The maximum Gasteiger partial charge on any atom is 0.139 e. The lowest BCUT2D eigenvalue weighted by Crippen LogP contribution is -2.11. The van der Waals surface area contributed by atoms with Gasteiger partial charge in [0.05, 0.1) is 15.8 Å². The predicted molar refractivity (Wildman–Crippen MR) is 198 cm³/mol. The van der Waals surface area contributed by atoms with Crippen LogP contribution in [-0.2, 0) is 0 Å². The van der Waals surface area contributed by atoms with Gasteiger partial charge in [-0.25, -0.2) is 4.98 Å². The zero-order valence-corrected chi connectivity index (χ0v) is 26.2. The van der Waals surface area contributed by atoms with Crippen LogP contribution in [0.25, 0.3) is 65.0 Å². The van der Waals surface area contributed by atoms with Gasteiger partial charge in [-0.05, 0) is 52.6 Å². The van der Waals surface area contributed by atoms with Crippen molar-refractivity contribution in [2.75, 3.05) is 4.90 Å². The van der Waals surface area contributed by atoms with Crippen LogP contribution in [0.2, 0.25) is 0 Å². The number of para-hydroxylation sites is 1. The molecule has 0 aliphatic carbocycles. The van der Waals surface area contributed by atoms with Crippen LogP contribution in [-0.4, -0.2) is 4.98 Å². The van der Waals surface area contributed by atoms with Crippen molar-refractivity contribution in [2.45, 2.75) is 0 Å². The van der Waals surface area contributed by atoms with Gasteiger partial charge in [0.2, 0.25) is 0 Å². The summed E-state index contributed by atoms with van der Waals surface area (Å²) in [6.07, 6.45) is 0. The Bertz CT molecular complexity index is 2400. The molecule has 0 radical (unpaired) electrons. The number of furan rings is 1. The van der Waals surface area contributed by atoms with Gasteiger partial charge in [0.25, 0.3) is 0 Å². The van der Waals surface area contributed by atoms with E-state index in [4.69, 9.17) is 9.40 Å². The van der Waals surface area contributed by atoms with E-state index in [1.165, 1.54) is 22.3 Å². The van der Waals surface area contributed by atoms with Crippen LogP contribution in [0.5, 0.6) is 0 Å². The Labute approximate surface area is 276 Å². The first-order chi connectivity index (χ1) is 23.3. The SMILES string of the molecule is c1ccc(-c2ccc(N(c3ccc(-c4ccccc4)cc3)c3c4nc(-c5ccccc5)sc4cc4oc5ccccc5c34)cc2)cc1. The minimum absolute atomic E-state index is 0.851. The molecule has 0 fully saturated rings. The number of fused-ring (bicyclic) bond motifs is 4. The third kappa shape index (κ3) is 4.87. The summed E-state index contributed by atoms with van der Waals surface area (Å²) in [5.74, 6) is 0. The van der Waals surface area contributed by atoms with Crippen molar-refractivity contribution in [2.24, 2.45) is 0 Å². The van der Waals surface area contributed by atoms with Crippen LogP contribution in [0.3, 0.4) is 0 Å². The molecule has 7 aromatic carbocycles. The summed E-state index contributed by atoms with van der Waals surface area (Å²) in [6.45, 7) is 0. The van der Waals surface area contributed by atoms with Crippen molar-refractivity contribution in [3.05, 3.63) is 170 Å². The Balaban J connectivity index is 1.32. The summed E-state index contributed by atoms with van der Waals surface area (Å²) in [4.78, 5) is 7.71. The quantitative estimate of drug-likeness (QED) is 0.185. The van der Waals surface area contributed by atoms with Gasteiger partial charge in [-0.1, -0.05) is 133 Å².